The minimum absolute atomic E-state index is 0.168. The van der Waals surface area contributed by atoms with Crippen LogP contribution < -0.4 is 10.6 Å². The summed E-state index contributed by atoms with van der Waals surface area (Å²) < 4.78 is 5.09. The lowest BCUT2D eigenvalue weighted by Crippen LogP contribution is -2.31. The first-order chi connectivity index (χ1) is 9.19. The number of methoxy groups -OCH3 is 1. The minimum atomic E-state index is -0.168. The van der Waals surface area contributed by atoms with Crippen molar-refractivity contribution in [3.63, 3.8) is 0 Å². The third kappa shape index (κ3) is 3.64. The van der Waals surface area contributed by atoms with Crippen LogP contribution in [0.3, 0.4) is 0 Å². The summed E-state index contributed by atoms with van der Waals surface area (Å²) in [6, 6.07) is 3.41. The molecule has 1 aromatic rings. The minimum Gasteiger partial charge on any atom is -0.385 e. The van der Waals surface area contributed by atoms with Crippen molar-refractivity contribution in [2.45, 2.75) is 19.3 Å². The van der Waals surface area contributed by atoms with E-state index in [0.29, 0.717) is 18.1 Å². The highest BCUT2D eigenvalue weighted by atomic mass is 16.5. The Bertz CT molecular complexity index is 429. The van der Waals surface area contributed by atoms with Crippen LogP contribution >= 0.6 is 0 Å². The molecule has 2 rings (SSSR count). The molecular formula is C13H20N4O2. The Hall–Kier alpha value is -1.69. The van der Waals surface area contributed by atoms with Gasteiger partial charge in [-0.05, 0) is 36.8 Å². The molecule has 1 fully saturated rings. The Balaban J connectivity index is 1.83. The van der Waals surface area contributed by atoms with Gasteiger partial charge in [-0.25, -0.2) is 0 Å². The normalized spacial score (nSPS) is 15.9. The molecule has 1 amide bonds. The van der Waals surface area contributed by atoms with E-state index in [4.69, 9.17) is 4.74 Å². The molecule has 1 heterocycles. The van der Waals surface area contributed by atoms with E-state index in [-0.39, 0.29) is 11.3 Å². The summed E-state index contributed by atoms with van der Waals surface area (Å²) in [7, 11) is 3.46. The molecule has 0 aliphatic heterocycles. The van der Waals surface area contributed by atoms with Crippen LogP contribution in [-0.4, -0.2) is 43.4 Å². The van der Waals surface area contributed by atoms with Crippen LogP contribution in [-0.2, 0) is 4.74 Å². The van der Waals surface area contributed by atoms with Gasteiger partial charge in [0.05, 0.1) is 0 Å². The second kappa shape index (κ2) is 5.97. The number of nitrogens with one attached hydrogen (secondary N) is 2. The summed E-state index contributed by atoms with van der Waals surface area (Å²) in [5.74, 6) is 0.481. The van der Waals surface area contributed by atoms with Gasteiger partial charge in [-0.3, -0.25) is 4.79 Å². The zero-order valence-electron chi connectivity index (χ0n) is 11.4. The van der Waals surface area contributed by atoms with Crippen molar-refractivity contribution >= 4 is 11.7 Å². The summed E-state index contributed by atoms with van der Waals surface area (Å²) in [6.45, 7) is 1.43. The van der Waals surface area contributed by atoms with Crippen LogP contribution in [0.25, 0.3) is 0 Å². The van der Waals surface area contributed by atoms with Gasteiger partial charge in [0.2, 0.25) is 0 Å². The number of anilines is 1. The van der Waals surface area contributed by atoms with Gasteiger partial charge in [0, 0.05) is 27.3 Å². The number of hydrogen-bond acceptors (Lipinski definition) is 5. The van der Waals surface area contributed by atoms with E-state index in [1.54, 1.807) is 26.3 Å². The predicted octanol–water partition coefficient (Wildman–Crippen LogP) is 1.06. The summed E-state index contributed by atoms with van der Waals surface area (Å²) in [5.41, 5.74) is 0.589. The zero-order valence-corrected chi connectivity index (χ0v) is 11.4. The number of amides is 1. The maximum atomic E-state index is 11.9. The first kappa shape index (κ1) is 13.7. The quantitative estimate of drug-likeness (QED) is 0.770. The molecular weight excluding hydrogens is 244 g/mol. The van der Waals surface area contributed by atoms with Crippen molar-refractivity contribution in [2.75, 3.05) is 32.6 Å². The molecule has 19 heavy (non-hydrogen) atoms. The number of nitrogens with zero attached hydrogens (tertiary/aromatic N) is 2. The topological polar surface area (TPSA) is 76.1 Å². The Morgan fingerprint density at radius 2 is 2.21 bits per heavy atom. The molecule has 0 radical (unpaired) electrons. The monoisotopic (exact) mass is 264 g/mol. The van der Waals surface area contributed by atoms with Gasteiger partial charge in [0.1, 0.15) is 5.82 Å². The van der Waals surface area contributed by atoms with Gasteiger partial charge in [0.15, 0.2) is 5.69 Å². The van der Waals surface area contributed by atoms with Gasteiger partial charge in [-0.1, -0.05) is 0 Å². The molecule has 104 valence electrons. The van der Waals surface area contributed by atoms with Crippen LogP contribution in [0.5, 0.6) is 0 Å². The van der Waals surface area contributed by atoms with E-state index in [9.17, 15) is 4.79 Å². The summed E-state index contributed by atoms with van der Waals surface area (Å²) in [5, 5.41) is 13.6. The second-order valence-corrected chi connectivity index (χ2v) is 4.98. The SMILES string of the molecule is CNc1ccc(C(=O)NCC2(CCOC)CC2)nn1. The van der Waals surface area contributed by atoms with Crippen LogP contribution in [0, 0.1) is 5.41 Å². The number of aromatic nitrogens is 2. The summed E-state index contributed by atoms with van der Waals surface area (Å²) in [6.07, 6.45) is 3.30. The maximum Gasteiger partial charge on any atom is 0.271 e. The van der Waals surface area contributed by atoms with Crippen LogP contribution in [0.4, 0.5) is 5.82 Å². The molecule has 1 aliphatic carbocycles. The number of carbonyl (C=O) groups is 1. The van der Waals surface area contributed by atoms with Crippen molar-refractivity contribution in [2.24, 2.45) is 5.41 Å². The highest BCUT2D eigenvalue weighted by Gasteiger charge is 2.42. The van der Waals surface area contributed by atoms with Crippen LogP contribution in [0.1, 0.15) is 29.8 Å². The Kier molecular flexibility index (Phi) is 4.31. The zero-order chi connectivity index (χ0) is 13.7. The lowest BCUT2D eigenvalue weighted by atomic mass is 10.0. The van der Waals surface area contributed by atoms with Gasteiger partial charge in [-0.2, -0.15) is 0 Å². The molecule has 6 nitrogen and oxygen atoms in total. The van der Waals surface area contributed by atoms with E-state index in [1.807, 2.05) is 0 Å². The molecule has 0 saturated heterocycles. The summed E-state index contributed by atoms with van der Waals surface area (Å²) in [4.78, 5) is 11.9. The summed E-state index contributed by atoms with van der Waals surface area (Å²) >= 11 is 0. The molecule has 0 aromatic carbocycles. The van der Waals surface area contributed by atoms with Crippen LogP contribution in [0.2, 0.25) is 0 Å². The average molecular weight is 264 g/mol. The molecule has 6 heteroatoms. The molecule has 2 N–H and O–H groups in total. The van der Waals surface area contributed by atoms with Gasteiger partial charge in [0.25, 0.3) is 5.91 Å². The molecule has 0 unspecified atom stereocenters. The highest BCUT2D eigenvalue weighted by molar-refractivity contribution is 5.92. The number of carbonyl (C=O) groups excluding carboxylic acids is 1. The van der Waals surface area contributed by atoms with E-state index < -0.39 is 0 Å². The third-order valence-electron chi connectivity index (χ3n) is 3.57. The molecule has 1 saturated carbocycles. The van der Waals surface area contributed by atoms with Crippen molar-refractivity contribution < 1.29 is 9.53 Å². The Morgan fingerprint density at radius 1 is 1.42 bits per heavy atom. The highest BCUT2D eigenvalue weighted by Crippen LogP contribution is 2.48. The lowest BCUT2D eigenvalue weighted by molar-refractivity contribution is 0.0932. The Labute approximate surface area is 112 Å². The second-order valence-electron chi connectivity index (χ2n) is 4.98. The van der Waals surface area contributed by atoms with E-state index in [0.717, 1.165) is 25.9 Å². The molecule has 1 aliphatic rings. The predicted molar refractivity (Wildman–Crippen MR) is 72.1 cm³/mol. The van der Waals surface area contributed by atoms with Crippen molar-refractivity contribution in [1.29, 1.82) is 0 Å². The molecule has 0 spiro atoms. The number of ether oxygens (including phenoxy) is 1. The van der Waals surface area contributed by atoms with Gasteiger partial charge in [-0.15, -0.1) is 10.2 Å². The smallest absolute Gasteiger partial charge is 0.271 e. The average Bonchev–Trinajstić information content (AvgIpc) is 3.23. The van der Waals surface area contributed by atoms with Crippen molar-refractivity contribution in [3.8, 4) is 0 Å². The molecule has 1 aromatic heterocycles. The molecule has 0 bridgehead atoms. The largest absolute Gasteiger partial charge is 0.385 e. The lowest BCUT2D eigenvalue weighted by Gasteiger charge is -2.15. The Morgan fingerprint density at radius 3 is 2.74 bits per heavy atom. The standard InChI is InChI=1S/C13H20N4O2/c1-14-11-4-3-10(16-17-11)12(18)15-9-13(5-6-13)7-8-19-2/h3-4H,5-9H2,1-2H3,(H,14,17)(H,15,18). The number of hydrogen-bond donors (Lipinski definition) is 2. The van der Waals surface area contributed by atoms with Gasteiger partial charge >= 0.3 is 0 Å². The van der Waals surface area contributed by atoms with E-state index in [1.165, 1.54) is 0 Å². The van der Waals surface area contributed by atoms with Crippen LogP contribution in [0.15, 0.2) is 12.1 Å². The fourth-order valence-electron chi connectivity index (χ4n) is 1.96. The molecule has 0 atom stereocenters. The van der Waals surface area contributed by atoms with Gasteiger partial charge < -0.3 is 15.4 Å². The first-order valence-electron chi connectivity index (χ1n) is 6.48. The van der Waals surface area contributed by atoms with Crippen molar-refractivity contribution in [3.05, 3.63) is 17.8 Å². The van der Waals surface area contributed by atoms with E-state index in [2.05, 4.69) is 20.8 Å². The van der Waals surface area contributed by atoms with Crippen molar-refractivity contribution in [1.82, 2.24) is 15.5 Å². The first-order valence-corrected chi connectivity index (χ1v) is 6.48. The third-order valence-corrected chi connectivity index (χ3v) is 3.57. The maximum absolute atomic E-state index is 11.9. The van der Waals surface area contributed by atoms with E-state index >= 15 is 0 Å². The fraction of sp³-hybridized carbons (Fsp3) is 0.615. The number of rotatable bonds is 7. The fourth-order valence-corrected chi connectivity index (χ4v) is 1.96.